The average Bonchev–Trinajstić information content (AvgIpc) is 2.60. The standard InChI is InChI=1S/C17H15ClF3N3O3/c1-10-4-3-5-13(22-10)23-16(15(26)27-2,17(19,20)21)24-14(25)11-6-8-12(18)9-7-11/h3-9H,1-2H3,(H,22,23)(H,24,25)/t16-/m0/s1. The van der Waals surface area contributed by atoms with E-state index in [1.165, 1.54) is 36.4 Å². The molecule has 2 N–H and O–H groups in total. The lowest BCUT2D eigenvalue weighted by atomic mass is 10.1. The van der Waals surface area contributed by atoms with Gasteiger partial charge in [0, 0.05) is 16.3 Å². The number of rotatable bonds is 5. The van der Waals surface area contributed by atoms with Gasteiger partial charge in [0.15, 0.2) is 0 Å². The highest BCUT2D eigenvalue weighted by Gasteiger charge is 2.63. The smallest absolute Gasteiger partial charge is 0.441 e. The molecule has 2 aromatic rings. The summed E-state index contributed by atoms with van der Waals surface area (Å²) in [7, 11) is 0.780. The van der Waals surface area contributed by atoms with E-state index in [2.05, 4.69) is 9.72 Å². The Morgan fingerprint density at radius 1 is 1.11 bits per heavy atom. The monoisotopic (exact) mass is 401 g/mol. The summed E-state index contributed by atoms with van der Waals surface area (Å²) in [4.78, 5) is 28.4. The third-order valence-corrected chi connectivity index (χ3v) is 3.78. The Morgan fingerprint density at radius 3 is 2.26 bits per heavy atom. The first kappa shape index (κ1) is 20.5. The van der Waals surface area contributed by atoms with Crippen molar-refractivity contribution in [2.24, 2.45) is 0 Å². The maximum absolute atomic E-state index is 13.9. The molecule has 0 aliphatic carbocycles. The van der Waals surface area contributed by atoms with Gasteiger partial charge in [-0.05, 0) is 43.3 Å². The number of ether oxygens (including phenoxy) is 1. The molecular weight excluding hydrogens is 387 g/mol. The Bertz CT molecular complexity index is 843. The summed E-state index contributed by atoms with van der Waals surface area (Å²) in [6.45, 7) is 1.56. The first-order valence-corrected chi connectivity index (χ1v) is 7.92. The summed E-state index contributed by atoms with van der Waals surface area (Å²) >= 11 is 5.71. The van der Waals surface area contributed by atoms with Crippen LogP contribution in [0.5, 0.6) is 0 Å². The van der Waals surface area contributed by atoms with E-state index in [9.17, 15) is 22.8 Å². The van der Waals surface area contributed by atoms with Gasteiger partial charge in [-0.1, -0.05) is 17.7 Å². The zero-order chi connectivity index (χ0) is 20.2. The number of nitrogens with zero attached hydrogens (tertiary/aromatic N) is 1. The van der Waals surface area contributed by atoms with Gasteiger partial charge < -0.3 is 15.4 Å². The average molecular weight is 402 g/mol. The van der Waals surface area contributed by atoms with Crippen molar-refractivity contribution in [3.05, 3.63) is 58.7 Å². The normalized spacial score (nSPS) is 13.4. The molecular formula is C17H15ClF3N3O3. The number of pyridine rings is 1. The summed E-state index contributed by atoms with van der Waals surface area (Å²) in [6.07, 6.45) is -5.24. The summed E-state index contributed by atoms with van der Waals surface area (Å²) in [5.74, 6) is -3.18. The van der Waals surface area contributed by atoms with Crippen LogP contribution in [0.25, 0.3) is 0 Å². The Labute approximate surface area is 157 Å². The third kappa shape index (κ3) is 4.48. The van der Waals surface area contributed by atoms with Gasteiger partial charge in [-0.15, -0.1) is 0 Å². The van der Waals surface area contributed by atoms with E-state index in [4.69, 9.17) is 11.6 Å². The number of aryl methyl sites for hydroxylation is 1. The Hall–Kier alpha value is -2.81. The van der Waals surface area contributed by atoms with Crippen LogP contribution in [0.1, 0.15) is 16.1 Å². The van der Waals surface area contributed by atoms with Gasteiger partial charge in [0.2, 0.25) is 0 Å². The zero-order valence-corrected chi connectivity index (χ0v) is 15.0. The SMILES string of the molecule is COC(=O)[C@@](NC(=O)c1ccc(Cl)cc1)(Nc1cccc(C)n1)C(F)(F)F. The molecule has 0 bridgehead atoms. The summed E-state index contributed by atoms with van der Waals surface area (Å²) in [6, 6.07) is 9.35. The molecule has 1 aromatic carbocycles. The van der Waals surface area contributed by atoms with Gasteiger partial charge in [0.05, 0.1) is 7.11 Å². The molecule has 0 spiro atoms. The van der Waals surface area contributed by atoms with Crippen molar-refractivity contribution >= 4 is 29.3 Å². The van der Waals surface area contributed by atoms with Crippen molar-refractivity contribution in [1.29, 1.82) is 0 Å². The second kappa shape index (κ2) is 7.83. The van der Waals surface area contributed by atoms with Crippen LogP contribution >= 0.6 is 11.6 Å². The lowest BCUT2D eigenvalue weighted by Gasteiger charge is -2.34. The van der Waals surface area contributed by atoms with Crippen molar-refractivity contribution in [1.82, 2.24) is 10.3 Å². The quantitative estimate of drug-likeness (QED) is 0.593. The van der Waals surface area contributed by atoms with Gasteiger partial charge in [0.25, 0.3) is 5.91 Å². The number of hydrogen-bond donors (Lipinski definition) is 2. The van der Waals surface area contributed by atoms with Crippen LogP contribution in [-0.2, 0) is 9.53 Å². The number of amides is 1. The van der Waals surface area contributed by atoms with Crippen LogP contribution in [-0.4, -0.2) is 35.8 Å². The molecule has 6 nitrogen and oxygen atoms in total. The molecule has 0 fully saturated rings. The predicted molar refractivity (Wildman–Crippen MR) is 92.3 cm³/mol. The van der Waals surface area contributed by atoms with Gasteiger partial charge in [-0.3, -0.25) is 4.79 Å². The molecule has 0 aliphatic rings. The number of carbonyl (C=O) groups excluding carboxylic acids is 2. The van der Waals surface area contributed by atoms with Crippen LogP contribution in [0.4, 0.5) is 19.0 Å². The van der Waals surface area contributed by atoms with E-state index in [0.29, 0.717) is 10.7 Å². The topological polar surface area (TPSA) is 80.3 Å². The van der Waals surface area contributed by atoms with Crippen molar-refractivity contribution < 1.29 is 27.5 Å². The van der Waals surface area contributed by atoms with E-state index >= 15 is 0 Å². The van der Waals surface area contributed by atoms with Crippen LogP contribution in [0.15, 0.2) is 42.5 Å². The number of benzene rings is 1. The number of anilines is 1. The summed E-state index contributed by atoms with van der Waals surface area (Å²) in [5, 5.41) is 3.95. The fourth-order valence-electron chi connectivity index (χ4n) is 2.19. The lowest BCUT2D eigenvalue weighted by Crippen LogP contribution is -2.69. The first-order valence-electron chi connectivity index (χ1n) is 7.54. The van der Waals surface area contributed by atoms with Crippen molar-refractivity contribution in [3.8, 4) is 0 Å². The molecule has 0 saturated heterocycles. The Balaban J connectivity index is 2.48. The molecule has 1 heterocycles. The molecule has 1 aromatic heterocycles. The first-order chi connectivity index (χ1) is 12.6. The largest absolute Gasteiger partial charge is 0.466 e. The van der Waals surface area contributed by atoms with Crippen molar-refractivity contribution in [2.75, 3.05) is 12.4 Å². The maximum atomic E-state index is 13.9. The fourth-order valence-corrected chi connectivity index (χ4v) is 2.32. The number of esters is 1. The molecule has 0 radical (unpaired) electrons. The van der Waals surface area contributed by atoms with E-state index in [1.807, 2.05) is 5.32 Å². The summed E-state index contributed by atoms with van der Waals surface area (Å²) < 4.78 is 46.1. The highest BCUT2D eigenvalue weighted by molar-refractivity contribution is 6.30. The number of hydrogen-bond acceptors (Lipinski definition) is 5. The molecule has 0 aliphatic heterocycles. The van der Waals surface area contributed by atoms with Crippen LogP contribution in [0, 0.1) is 6.92 Å². The molecule has 1 amide bonds. The van der Waals surface area contributed by atoms with Crippen LogP contribution < -0.4 is 10.6 Å². The third-order valence-electron chi connectivity index (χ3n) is 3.53. The van der Waals surface area contributed by atoms with Gasteiger partial charge >= 0.3 is 17.8 Å². The van der Waals surface area contributed by atoms with Gasteiger partial charge in [-0.25, -0.2) is 9.78 Å². The highest BCUT2D eigenvalue weighted by Crippen LogP contribution is 2.33. The lowest BCUT2D eigenvalue weighted by molar-refractivity contribution is -0.203. The van der Waals surface area contributed by atoms with Crippen molar-refractivity contribution in [2.45, 2.75) is 18.8 Å². The number of methoxy groups -OCH3 is 1. The van der Waals surface area contributed by atoms with E-state index in [0.717, 1.165) is 7.11 Å². The zero-order valence-electron chi connectivity index (χ0n) is 14.2. The molecule has 2 rings (SSSR count). The molecule has 0 unspecified atom stereocenters. The van der Waals surface area contributed by atoms with E-state index in [1.54, 1.807) is 18.3 Å². The molecule has 0 saturated carbocycles. The highest BCUT2D eigenvalue weighted by atomic mass is 35.5. The predicted octanol–water partition coefficient (Wildman–Crippen LogP) is 3.32. The molecule has 27 heavy (non-hydrogen) atoms. The van der Waals surface area contributed by atoms with Crippen LogP contribution in [0.3, 0.4) is 0 Å². The Kier molecular flexibility index (Phi) is 5.94. The summed E-state index contributed by atoms with van der Waals surface area (Å²) in [5.41, 5.74) is -3.26. The molecule has 1 atom stereocenters. The second-order valence-electron chi connectivity index (χ2n) is 5.49. The minimum absolute atomic E-state index is 0.129. The minimum Gasteiger partial charge on any atom is -0.466 e. The minimum atomic E-state index is -5.24. The second-order valence-corrected chi connectivity index (χ2v) is 5.93. The van der Waals surface area contributed by atoms with Crippen molar-refractivity contribution in [3.63, 3.8) is 0 Å². The number of aromatic nitrogens is 1. The Morgan fingerprint density at radius 2 is 1.74 bits per heavy atom. The number of halogens is 4. The molecule has 144 valence electrons. The van der Waals surface area contributed by atoms with Crippen LogP contribution in [0.2, 0.25) is 5.02 Å². The van der Waals surface area contributed by atoms with E-state index in [-0.39, 0.29) is 11.4 Å². The van der Waals surface area contributed by atoms with E-state index < -0.39 is 23.7 Å². The molecule has 10 heteroatoms. The fraction of sp³-hybridized carbons (Fsp3) is 0.235. The van der Waals surface area contributed by atoms with Gasteiger partial charge in [-0.2, -0.15) is 13.2 Å². The van der Waals surface area contributed by atoms with Gasteiger partial charge in [0.1, 0.15) is 5.82 Å². The number of nitrogens with one attached hydrogen (secondary N) is 2. The number of carbonyl (C=O) groups is 2. The maximum Gasteiger partial charge on any atom is 0.441 e. The number of alkyl halides is 3.